The summed E-state index contributed by atoms with van der Waals surface area (Å²) >= 11 is 0. The molecule has 0 bridgehead atoms. The summed E-state index contributed by atoms with van der Waals surface area (Å²) in [4.78, 5) is 0. The Hall–Kier alpha value is -0.830. The van der Waals surface area contributed by atoms with Crippen LogP contribution in [0, 0.1) is 0 Å². The molecule has 0 aromatic carbocycles. The van der Waals surface area contributed by atoms with Crippen LogP contribution in [0.25, 0.3) is 0 Å². The highest BCUT2D eigenvalue weighted by molar-refractivity contribution is 5.12. The monoisotopic (exact) mass is 210 g/mol. The summed E-state index contributed by atoms with van der Waals surface area (Å²) in [6, 6.07) is 2.03. The molecule has 1 atom stereocenters. The fourth-order valence-corrected chi connectivity index (χ4v) is 1.83. The summed E-state index contributed by atoms with van der Waals surface area (Å²) in [6.45, 7) is 6.47. The fraction of sp³-hybridized carbons (Fsp3) is 0.750. The number of nitrogens with zero attached hydrogens (tertiary/aromatic N) is 1. The van der Waals surface area contributed by atoms with E-state index in [0.717, 1.165) is 37.1 Å². The Balaban J connectivity index is 2.70. The maximum absolute atomic E-state index is 5.97. The van der Waals surface area contributed by atoms with Gasteiger partial charge in [-0.15, -0.1) is 0 Å². The second-order valence-corrected chi connectivity index (χ2v) is 4.06. The molecule has 0 aliphatic heterocycles. The van der Waals surface area contributed by atoms with Crippen LogP contribution in [-0.4, -0.2) is 5.16 Å². The summed E-state index contributed by atoms with van der Waals surface area (Å²) in [7, 11) is 0. The number of hydrogen-bond acceptors (Lipinski definition) is 3. The normalized spacial score (nSPS) is 13.4. The second-order valence-electron chi connectivity index (χ2n) is 4.06. The third kappa shape index (κ3) is 3.06. The van der Waals surface area contributed by atoms with E-state index in [2.05, 4.69) is 25.9 Å². The van der Waals surface area contributed by atoms with Crippen molar-refractivity contribution in [1.82, 2.24) is 5.16 Å². The van der Waals surface area contributed by atoms with E-state index in [1.54, 1.807) is 0 Å². The summed E-state index contributed by atoms with van der Waals surface area (Å²) in [5.74, 6) is 1.34. The van der Waals surface area contributed by atoms with Crippen molar-refractivity contribution in [3.05, 3.63) is 17.5 Å². The van der Waals surface area contributed by atoms with E-state index in [4.69, 9.17) is 10.3 Å². The first-order valence-corrected chi connectivity index (χ1v) is 5.94. The lowest BCUT2D eigenvalue weighted by molar-refractivity contribution is 0.346. The van der Waals surface area contributed by atoms with Crippen molar-refractivity contribution in [3.8, 4) is 0 Å². The van der Waals surface area contributed by atoms with Gasteiger partial charge in [-0.05, 0) is 19.3 Å². The largest absolute Gasteiger partial charge is 0.359 e. The molecule has 0 aliphatic rings. The quantitative estimate of drug-likeness (QED) is 0.783. The van der Waals surface area contributed by atoms with E-state index in [1.807, 2.05) is 6.07 Å². The van der Waals surface area contributed by atoms with Crippen molar-refractivity contribution in [2.45, 2.75) is 58.4 Å². The van der Waals surface area contributed by atoms with E-state index in [1.165, 1.54) is 0 Å². The molecule has 1 unspecified atom stereocenters. The van der Waals surface area contributed by atoms with E-state index in [0.29, 0.717) is 5.92 Å². The van der Waals surface area contributed by atoms with Gasteiger partial charge in [0.15, 0.2) is 5.76 Å². The Morgan fingerprint density at radius 2 is 2.00 bits per heavy atom. The lowest BCUT2D eigenvalue weighted by Gasteiger charge is -2.06. The average molecular weight is 210 g/mol. The topological polar surface area (TPSA) is 52.0 Å². The van der Waals surface area contributed by atoms with Crippen molar-refractivity contribution >= 4 is 0 Å². The fourth-order valence-electron chi connectivity index (χ4n) is 1.83. The minimum absolute atomic E-state index is 0.00520. The molecule has 1 rings (SSSR count). The van der Waals surface area contributed by atoms with Crippen molar-refractivity contribution in [2.75, 3.05) is 0 Å². The van der Waals surface area contributed by atoms with Gasteiger partial charge in [0.25, 0.3) is 0 Å². The van der Waals surface area contributed by atoms with Gasteiger partial charge in [-0.1, -0.05) is 32.3 Å². The van der Waals surface area contributed by atoms with Gasteiger partial charge >= 0.3 is 0 Å². The molecule has 0 amide bonds. The van der Waals surface area contributed by atoms with E-state index >= 15 is 0 Å². The van der Waals surface area contributed by atoms with E-state index in [-0.39, 0.29) is 6.04 Å². The van der Waals surface area contributed by atoms with Crippen LogP contribution >= 0.6 is 0 Å². The van der Waals surface area contributed by atoms with E-state index < -0.39 is 0 Å². The molecular formula is C12H22N2O. The van der Waals surface area contributed by atoms with Crippen LogP contribution < -0.4 is 5.73 Å². The molecule has 0 fully saturated rings. The molecule has 15 heavy (non-hydrogen) atoms. The second kappa shape index (κ2) is 5.91. The number of aromatic nitrogens is 1. The Morgan fingerprint density at radius 3 is 2.53 bits per heavy atom. The van der Waals surface area contributed by atoms with Gasteiger partial charge in [0.05, 0.1) is 11.7 Å². The lowest BCUT2D eigenvalue weighted by atomic mass is 9.98. The molecule has 1 heterocycles. The van der Waals surface area contributed by atoms with Gasteiger partial charge in [0.1, 0.15) is 0 Å². The van der Waals surface area contributed by atoms with Crippen LogP contribution in [0.4, 0.5) is 0 Å². The third-order valence-electron chi connectivity index (χ3n) is 2.92. The lowest BCUT2D eigenvalue weighted by Crippen LogP contribution is -2.08. The Bertz CT molecular complexity index is 279. The van der Waals surface area contributed by atoms with E-state index in [9.17, 15) is 0 Å². The van der Waals surface area contributed by atoms with Crippen LogP contribution in [0.3, 0.4) is 0 Å². The van der Waals surface area contributed by atoms with Crippen LogP contribution in [0.2, 0.25) is 0 Å². The van der Waals surface area contributed by atoms with Crippen molar-refractivity contribution < 1.29 is 4.52 Å². The molecule has 2 N–H and O–H groups in total. The molecule has 86 valence electrons. The first kappa shape index (κ1) is 12.2. The molecule has 0 aliphatic carbocycles. The average Bonchev–Trinajstić information content (AvgIpc) is 2.69. The standard InChI is InChI=1S/C12H22N2O/c1-4-7-10(13)12-8-11(14-15-12)9(5-2)6-3/h8-10H,4-7,13H2,1-3H3. The van der Waals surface area contributed by atoms with Crippen molar-refractivity contribution in [3.63, 3.8) is 0 Å². The van der Waals surface area contributed by atoms with Gasteiger partial charge in [0.2, 0.25) is 0 Å². The maximum atomic E-state index is 5.97. The predicted molar refractivity (Wildman–Crippen MR) is 61.7 cm³/mol. The predicted octanol–water partition coefficient (Wildman–Crippen LogP) is 3.38. The Kier molecular flexibility index (Phi) is 4.82. The van der Waals surface area contributed by atoms with Crippen molar-refractivity contribution in [1.29, 1.82) is 0 Å². The summed E-state index contributed by atoms with van der Waals surface area (Å²) < 4.78 is 5.29. The zero-order valence-corrected chi connectivity index (χ0v) is 9.99. The highest BCUT2D eigenvalue weighted by Crippen LogP contribution is 2.25. The Labute approximate surface area is 92.0 Å². The highest BCUT2D eigenvalue weighted by Gasteiger charge is 2.16. The van der Waals surface area contributed by atoms with Gasteiger partial charge in [0, 0.05) is 12.0 Å². The minimum atomic E-state index is 0.00520. The summed E-state index contributed by atoms with van der Waals surface area (Å²) in [5, 5.41) is 4.11. The molecule has 0 radical (unpaired) electrons. The molecule has 0 saturated carbocycles. The molecule has 3 heteroatoms. The van der Waals surface area contributed by atoms with Crippen LogP contribution in [0.1, 0.15) is 69.9 Å². The Morgan fingerprint density at radius 1 is 1.33 bits per heavy atom. The third-order valence-corrected chi connectivity index (χ3v) is 2.92. The first-order valence-electron chi connectivity index (χ1n) is 5.94. The maximum Gasteiger partial charge on any atom is 0.153 e. The summed E-state index contributed by atoms with van der Waals surface area (Å²) in [6.07, 6.45) is 4.23. The van der Waals surface area contributed by atoms with Gasteiger partial charge < -0.3 is 10.3 Å². The SMILES string of the molecule is CCCC(N)c1cc(C(CC)CC)no1. The number of hydrogen-bond donors (Lipinski definition) is 1. The molecule has 1 aromatic rings. The van der Waals surface area contributed by atoms with Gasteiger partial charge in [-0.25, -0.2) is 0 Å². The van der Waals surface area contributed by atoms with Crippen LogP contribution in [0.5, 0.6) is 0 Å². The zero-order chi connectivity index (χ0) is 11.3. The zero-order valence-electron chi connectivity index (χ0n) is 9.99. The molecule has 3 nitrogen and oxygen atoms in total. The minimum Gasteiger partial charge on any atom is -0.359 e. The van der Waals surface area contributed by atoms with Gasteiger partial charge in [-0.3, -0.25) is 0 Å². The first-order chi connectivity index (χ1) is 7.22. The number of rotatable bonds is 6. The van der Waals surface area contributed by atoms with Crippen LogP contribution in [0.15, 0.2) is 10.6 Å². The summed E-state index contributed by atoms with van der Waals surface area (Å²) in [5.41, 5.74) is 7.03. The van der Waals surface area contributed by atoms with Crippen molar-refractivity contribution in [2.24, 2.45) is 5.73 Å². The van der Waals surface area contributed by atoms with Gasteiger partial charge in [-0.2, -0.15) is 0 Å². The highest BCUT2D eigenvalue weighted by atomic mass is 16.5. The molecule has 1 aromatic heterocycles. The smallest absolute Gasteiger partial charge is 0.153 e. The number of nitrogens with two attached hydrogens (primary N) is 1. The molecular weight excluding hydrogens is 188 g/mol. The molecule has 0 spiro atoms. The van der Waals surface area contributed by atoms with Crippen LogP contribution in [-0.2, 0) is 0 Å². The molecule has 0 saturated heterocycles.